The van der Waals surface area contributed by atoms with Crippen molar-refractivity contribution in [3.63, 3.8) is 0 Å². The summed E-state index contributed by atoms with van der Waals surface area (Å²) in [5.41, 5.74) is 0.815. The molecule has 2 N–H and O–H groups in total. The number of rotatable bonds is 7. The van der Waals surface area contributed by atoms with Crippen LogP contribution in [0.3, 0.4) is 0 Å². The van der Waals surface area contributed by atoms with Gasteiger partial charge in [-0.25, -0.2) is 4.79 Å². The van der Waals surface area contributed by atoms with Crippen molar-refractivity contribution in [3.05, 3.63) is 30.3 Å². The number of nitrogens with one attached hydrogen (secondary N) is 2. The van der Waals surface area contributed by atoms with Crippen molar-refractivity contribution in [2.75, 3.05) is 38.2 Å². The number of carbonyl (C=O) groups is 1. The number of carbonyl (C=O) groups excluding carboxylic acids is 1. The summed E-state index contributed by atoms with van der Waals surface area (Å²) in [6.45, 7) is 8.59. The lowest BCUT2D eigenvalue weighted by Crippen LogP contribution is -2.52. The Bertz CT molecular complexity index is 457. The monoisotopic (exact) mass is 319 g/mol. The number of anilines is 1. The number of hydrogen-bond acceptors (Lipinski definition) is 3. The van der Waals surface area contributed by atoms with Gasteiger partial charge in [-0.3, -0.25) is 4.90 Å². The molecule has 2 amide bonds. The molecule has 0 aliphatic carbocycles. The summed E-state index contributed by atoms with van der Waals surface area (Å²) in [4.78, 5) is 14.6. The van der Waals surface area contributed by atoms with Gasteiger partial charge in [0, 0.05) is 31.4 Å². The van der Waals surface area contributed by atoms with Crippen LogP contribution in [-0.2, 0) is 4.74 Å². The van der Waals surface area contributed by atoms with Crippen LogP contribution in [0.1, 0.15) is 26.7 Å². The molecule has 5 heteroatoms. The third kappa shape index (κ3) is 5.52. The van der Waals surface area contributed by atoms with E-state index in [1.54, 1.807) is 0 Å². The van der Waals surface area contributed by atoms with Gasteiger partial charge < -0.3 is 15.4 Å². The Morgan fingerprint density at radius 2 is 1.83 bits per heavy atom. The lowest BCUT2D eigenvalue weighted by Gasteiger charge is -2.38. The zero-order chi connectivity index (χ0) is 16.5. The molecule has 1 heterocycles. The third-order valence-corrected chi connectivity index (χ3v) is 4.61. The molecular formula is C18H29N3O2. The largest absolute Gasteiger partial charge is 0.379 e. The van der Waals surface area contributed by atoms with Crippen LogP contribution in [-0.4, -0.2) is 49.8 Å². The maximum atomic E-state index is 12.1. The minimum atomic E-state index is -0.139. The second-order valence-electron chi connectivity index (χ2n) is 5.99. The highest BCUT2D eigenvalue weighted by Crippen LogP contribution is 2.19. The predicted molar refractivity (Wildman–Crippen MR) is 93.7 cm³/mol. The van der Waals surface area contributed by atoms with Crippen LogP contribution >= 0.6 is 0 Å². The van der Waals surface area contributed by atoms with Gasteiger partial charge in [-0.2, -0.15) is 0 Å². The standard InChI is InChI=1S/C18H29N3O2/c1-3-15(4-2)17(21-10-12-23-13-11-21)14-19-18(22)20-16-8-6-5-7-9-16/h5-9,15,17H,3-4,10-14H2,1-2H3,(H2,19,20,22)/t17-/m0/s1. The summed E-state index contributed by atoms with van der Waals surface area (Å²) in [5, 5.41) is 5.93. The smallest absolute Gasteiger partial charge is 0.319 e. The molecule has 128 valence electrons. The molecule has 1 saturated heterocycles. The number of nitrogens with zero attached hydrogens (tertiary/aromatic N) is 1. The number of benzene rings is 1. The maximum absolute atomic E-state index is 12.1. The maximum Gasteiger partial charge on any atom is 0.319 e. The van der Waals surface area contributed by atoms with Gasteiger partial charge in [0.15, 0.2) is 0 Å². The van der Waals surface area contributed by atoms with Crippen LogP contribution in [0.5, 0.6) is 0 Å². The molecule has 23 heavy (non-hydrogen) atoms. The molecule has 1 aliphatic heterocycles. The fourth-order valence-electron chi connectivity index (χ4n) is 3.23. The molecular weight excluding hydrogens is 290 g/mol. The van der Waals surface area contributed by atoms with E-state index in [2.05, 4.69) is 29.4 Å². The molecule has 1 aromatic carbocycles. The van der Waals surface area contributed by atoms with Crippen molar-refractivity contribution >= 4 is 11.7 Å². The number of para-hydroxylation sites is 1. The van der Waals surface area contributed by atoms with E-state index in [0.29, 0.717) is 18.5 Å². The topological polar surface area (TPSA) is 53.6 Å². The lowest BCUT2D eigenvalue weighted by molar-refractivity contribution is 0.00247. The van der Waals surface area contributed by atoms with E-state index >= 15 is 0 Å². The molecule has 1 fully saturated rings. The van der Waals surface area contributed by atoms with E-state index in [4.69, 9.17) is 4.74 Å². The fourth-order valence-corrected chi connectivity index (χ4v) is 3.23. The Labute approximate surface area is 139 Å². The summed E-state index contributed by atoms with van der Waals surface area (Å²) in [6, 6.07) is 9.77. The zero-order valence-corrected chi connectivity index (χ0v) is 14.3. The molecule has 0 saturated carbocycles. The number of urea groups is 1. The summed E-state index contributed by atoms with van der Waals surface area (Å²) in [5.74, 6) is 0.588. The van der Waals surface area contributed by atoms with Crippen molar-refractivity contribution in [2.45, 2.75) is 32.7 Å². The summed E-state index contributed by atoms with van der Waals surface area (Å²) in [6.07, 6.45) is 2.25. The van der Waals surface area contributed by atoms with Crippen LogP contribution in [0.15, 0.2) is 30.3 Å². The predicted octanol–water partition coefficient (Wildman–Crippen LogP) is 2.95. The fraction of sp³-hybridized carbons (Fsp3) is 0.611. The Hall–Kier alpha value is -1.59. The van der Waals surface area contributed by atoms with Crippen LogP contribution in [0, 0.1) is 5.92 Å². The van der Waals surface area contributed by atoms with Crippen molar-refractivity contribution in [1.29, 1.82) is 0 Å². The first kappa shape index (κ1) is 17.8. The van der Waals surface area contributed by atoms with Gasteiger partial charge in [0.2, 0.25) is 0 Å². The first-order chi connectivity index (χ1) is 11.2. The highest BCUT2D eigenvalue weighted by Gasteiger charge is 2.27. The molecule has 0 unspecified atom stereocenters. The van der Waals surface area contributed by atoms with Gasteiger partial charge in [-0.15, -0.1) is 0 Å². The van der Waals surface area contributed by atoms with E-state index in [-0.39, 0.29) is 6.03 Å². The highest BCUT2D eigenvalue weighted by molar-refractivity contribution is 5.89. The van der Waals surface area contributed by atoms with Gasteiger partial charge in [0.05, 0.1) is 13.2 Å². The van der Waals surface area contributed by atoms with E-state index in [1.807, 2.05) is 30.3 Å². The molecule has 5 nitrogen and oxygen atoms in total. The molecule has 1 atom stereocenters. The second kappa shape index (κ2) is 9.53. The zero-order valence-electron chi connectivity index (χ0n) is 14.3. The molecule has 0 bridgehead atoms. The van der Waals surface area contributed by atoms with Crippen LogP contribution < -0.4 is 10.6 Å². The second-order valence-corrected chi connectivity index (χ2v) is 5.99. The molecule has 2 rings (SSSR count). The molecule has 1 aromatic rings. The Morgan fingerprint density at radius 3 is 2.43 bits per heavy atom. The van der Waals surface area contributed by atoms with Gasteiger partial charge in [-0.05, 0) is 18.1 Å². The van der Waals surface area contributed by atoms with Gasteiger partial charge in [0.25, 0.3) is 0 Å². The van der Waals surface area contributed by atoms with Crippen LogP contribution in [0.2, 0.25) is 0 Å². The average Bonchev–Trinajstić information content (AvgIpc) is 2.60. The number of ether oxygens (including phenoxy) is 1. The minimum Gasteiger partial charge on any atom is -0.379 e. The number of hydrogen-bond donors (Lipinski definition) is 2. The summed E-state index contributed by atoms with van der Waals surface area (Å²) >= 11 is 0. The third-order valence-electron chi connectivity index (χ3n) is 4.61. The lowest BCUT2D eigenvalue weighted by atomic mass is 9.92. The Morgan fingerprint density at radius 1 is 1.17 bits per heavy atom. The number of amides is 2. The van der Waals surface area contributed by atoms with Gasteiger partial charge in [0.1, 0.15) is 0 Å². The van der Waals surface area contributed by atoms with E-state index in [0.717, 1.165) is 44.8 Å². The molecule has 0 spiro atoms. The SMILES string of the molecule is CCC(CC)[C@H](CNC(=O)Nc1ccccc1)N1CCOCC1. The first-order valence-corrected chi connectivity index (χ1v) is 8.66. The highest BCUT2D eigenvalue weighted by atomic mass is 16.5. The first-order valence-electron chi connectivity index (χ1n) is 8.66. The summed E-state index contributed by atoms with van der Waals surface area (Å²) in [7, 11) is 0. The van der Waals surface area contributed by atoms with Crippen LogP contribution in [0.4, 0.5) is 10.5 Å². The van der Waals surface area contributed by atoms with E-state index < -0.39 is 0 Å². The van der Waals surface area contributed by atoms with Crippen LogP contribution in [0.25, 0.3) is 0 Å². The summed E-state index contributed by atoms with van der Waals surface area (Å²) < 4.78 is 5.46. The molecule has 1 aliphatic rings. The van der Waals surface area contributed by atoms with E-state index in [9.17, 15) is 4.79 Å². The Kier molecular flexibility index (Phi) is 7.36. The average molecular weight is 319 g/mol. The van der Waals surface area contributed by atoms with Gasteiger partial charge >= 0.3 is 6.03 Å². The van der Waals surface area contributed by atoms with Crippen molar-refractivity contribution in [3.8, 4) is 0 Å². The van der Waals surface area contributed by atoms with Gasteiger partial charge in [-0.1, -0.05) is 44.9 Å². The number of morpholine rings is 1. The molecule has 0 aromatic heterocycles. The minimum absolute atomic E-state index is 0.139. The van der Waals surface area contributed by atoms with Crippen molar-refractivity contribution in [1.82, 2.24) is 10.2 Å². The normalized spacial score (nSPS) is 17.0. The Balaban J connectivity index is 1.90. The van der Waals surface area contributed by atoms with Crippen molar-refractivity contribution in [2.24, 2.45) is 5.92 Å². The molecule has 0 radical (unpaired) electrons. The van der Waals surface area contributed by atoms with Crippen molar-refractivity contribution < 1.29 is 9.53 Å². The van der Waals surface area contributed by atoms with E-state index in [1.165, 1.54) is 0 Å². The quantitative estimate of drug-likeness (QED) is 0.812.